The van der Waals surface area contributed by atoms with Crippen LogP contribution in [-0.2, 0) is 28.7 Å². The Kier molecular flexibility index (Phi) is 13.3. The number of β-lactam (4-membered cyclic amide) rings is 1. The molecule has 5 rings (SSSR count). The molecule has 0 bridgehead atoms. The number of aliphatic hydroxyl groups is 1. The van der Waals surface area contributed by atoms with Gasteiger partial charge in [-0.25, -0.2) is 9.59 Å². The second-order valence-electron chi connectivity index (χ2n) is 14.7. The minimum atomic E-state index is -3.23. The lowest BCUT2D eigenvalue weighted by Gasteiger charge is -2.49. The minimum absolute atomic E-state index is 0.142. The van der Waals surface area contributed by atoms with E-state index < -0.39 is 59.5 Å². The van der Waals surface area contributed by atoms with Crippen molar-refractivity contribution in [1.29, 1.82) is 0 Å². The fourth-order valence-electron chi connectivity index (χ4n) is 6.19. The molecular formula is C42H48N3O8PS. The van der Waals surface area contributed by atoms with E-state index in [0.717, 1.165) is 15.9 Å². The summed E-state index contributed by atoms with van der Waals surface area (Å²) in [6.45, 7) is 6.90. The molecule has 1 fully saturated rings. The van der Waals surface area contributed by atoms with Gasteiger partial charge < -0.3 is 24.7 Å². The van der Waals surface area contributed by atoms with Gasteiger partial charge in [-0.05, 0) is 63.0 Å². The summed E-state index contributed by atoms with van der Waals surface area (Å²) in [6, 6.07) is 35.0. The summed E-state index contributed by atoms with van der Waals surface area (Å²) >= 11 is 1.23. The third-order valence-corrected chi connectivity index (χ3v) is 13.8. The lowest BCUT2D eigenvalue weighted by molar-refractivity contribution is -0.151. The average molecular weight is 786 g/mol. The van der Waals surface area contributed by atoms with Crippen LogP contribution in [0.1, 0.15) is 53.1 Å². The van der Waals surface area contributed by atoms with Crippen LogP contribution in [0.15, 0.2) is 121 Å². The first-order valence-electron chi connectivity index (χ1n) is 17.9. The number of hydroxylamine groups is 1. The molecule has 0 spiro atoms. The number of amides is 2. The van der Waals surface area contributed by atoms with E-state index in [-0.39, 0.29) is 17.8 Å². The predicted molar refractivity (Wildman–Crippen MR) is 218 cm³/mol. The fourth-order valence-corrected chi connectivity index (χ4v) is 11.7. The predicted octanol–water partition coefficient (Wildman–Crippen LogP) is 5.03. The summed E-state index contributed by atoms with van der Waals surface area (Å²) in [5, 5.41) is 14.5. The topological polar surface area (TPSA) is 144 Å². The van der Waals surface area contributed by atoms with E-state index in [1.807, 2.05) is 91.0 Å². The highest BCUT2D eigenvalue weighted by Gasteiger charge is 2.55. The van der Waals surface area contributed by atoms with Crippen molar-refractivity contribution in [2.75, 3.05) is 12.4 Å². The number of aliphatic hydroxyl groups excluding tert-OH is 1. The van der Waals surface area contributed by atoms with Crippen LogP contribution in [0, 0.1) is 0 Å². The number of rotatable bonds is 13. The lowest BCUT2D eigenvalue weighted by atomic mass is 10.0. The molecular weight excluding hydrogens is 738 g/mol. The highest BCUT2D eigenvalue weighted by molar-refractivity contribution is 8.00. The molecule has 0 aliphatic carbocycles. The van der Waals surface area contributed by atoms with E-state index in [1.165, 1.54) is 16.7 Å². The summed E-state index contributed by atoms with van der Waals surface area (Å²) in [5.41, 5.74) is 1.34. The van der Waals surface area contributed by atoms with Gasteiger partial charge in [-0.15, -0.1) is 17.2 Å². The van der Waals surface area contributed by atoms with Crippen molar-refractivity contribution >= 4 is 63.9 Å². The molecule has 1 aliphatic rings. The number of nitrogens with zero attached hydrogens (tertiary/aromatic N) is 1. The van der Waals surface area contributed by atoms with E-state index in [1.54, 1.807) is 71.9 Å². The largest absolute Gasteiger partial charge is 0.528 e. The van der Waals surface area contributed by atoms with Gasteiger partial charge in [0, 0.05) is 12.6 Å². The fraction of sp³-hybridized carbons (Fsp3) is 0.310. The molecule has 0 saturated carbocycles. The molecule has 13 heteroatoms. The second kappa shape index (κ2) is 17.7. The lowest BCUT2D eigenvalue weighted by Crippen LogP contribution is -2.73. The maximum atomic E-state index is 15.0. The third kappa shape index (κ3) is 9.69. The number of carbonyl (C=O) groups excluding carboxylic acids is 4. The second-order valence-corrected chi connectivity index (χ2v) is 19.2. The van der Waals surface area contributed by atoms with E-state index in [2.05, 4.69) is 10.8 Å². The molecule has 3 N–H and O–H groups in total. The van der Waals surface area contributed by atoms with Crippen molar-refractivity contribution in [3.8, 4) is 0 Å². The molecule has 1 heterocycles. The maximum Gasteiger partial charge on any atom is 0.528 e. The first-order chi connectivity index (χ1) is 26.2. The number of hydrogen-bond donors (Lipinski definition) is 3. The van der Waals surface area contributed by atoms with Crippen molar-refractivity contribution in [2.45, 2.75) is 70.2 Å². The zero-order valence-electron chi connectivity index (χ0n) is 31.8. The van der Waals surface area contributed by atoms with Gasteiger partial charge in [0.05, 0.1) is 6.61 Å². The van der Waals surface area contributed by atoms with Crippen molar-refractivity contribution in [1.82, 2.24) is 15.7 Å². The van der Waals surface area contributed by atoms with Crippen LogP contribution in [-0.4, -0.2) is 74.3 Å². The quantitative estimate of drug-likeness (QED) is 0.0732. The Balaban J connectivity index is 1.68. The Morgan fingerprint density at radius 3 is 1.64 bits per heavy atom. The maximum absolute atomic E-state index is 15.0. The van der Waals surface area contributed by atoms with Crippen LogP contribution in [0.25, 0.3) is 0 Å². The third-order valence-electron chi connectivity index (χ3n) is 8.32. The van der Waals surface area contributed by atoms with Gasteiger partial charge in [0.15, 0.2) is 0 Å². The van der Waals surface area contributed by atoms with E-state index in [4.69, 9.17) is 14.3 Å². The number of ether oxygens (including phenoxy) is 2. The van der Waals surface area contributed by atoms with Gasteiger partial charge >= 0.3 is 12.1 Å². The highest BCUT2D eigenvalue weighted by Crippen LogP contribution is 2.50. The normalized spacial score (nSPS) is 16.3. The van der Waals surface area contributed by atoms with E-state index >= 15 is 0 Å². The van der Waals surface area contributed by atoms with Gasteiger partial charge in [0.25, 0.3) is 5.91 Å². The SMILES string of the molecule is CC(C)(C)OC(=O)ON[C@H](C(=O)N[C@H]1C(=O)N(C(C(=O)OC(C)(C)C)=P(c2ccccc2)(c2ccccc2)c2ccccc2)[C@H]1SCCO)c1ccccc1. The van der Waals surface area contributed by atoms with E-state index in [0.29, 0.717) is 5.56 Å². The first kappa shape index (κ1) is 41.3. The van der Waals surface area contributed by atoms with Crippen LogP contribution in [0.3, 0.4) is 0 Å². The smallest absolute Gasteiger partial charge is 0.455 e. The number of nitrogens with one attached hydrogen (secondary N) is 2. The van der Waals surface area contributed by atoms with Crippen molar-refractivity contribution in [3.63, 3.8) is 0 Å². The summed E-state index contributed by atoms with van der Waals surface area (Å²) in [5.74, 6) is -1.70. The Bertz CT molecular complexity index is 1900. The standard InChI is InChI=1S/C42H48N3O8PS/c1-41(2,3)51-39(49)37(54(30-21-13-8-14-22-30,31-23-15-9-16-24-31)32-25-17-10-18-26-32)45-36(48)34(38(45)55-28-27-46)43-35(47)33(29-19-11-7-12-20-29)44-53-40(50)52-42(4,5)6/h7-26,33-34,38,44,46H,27-28H2,1-6H3,(H,43,47)/t33-,34-,38-/m0/s1. The molecule has 1 saturated heterocycles. The summed E-state index contributed by atoms with van der Waals surface area (Å²) in [4.78, 5) is 63.0. The minimum Gasteiger partial charge on any atom is -0.455 e. The van der Waals surface area contributed by atoms with Gasteiger partial charge in [-0.2, -0.15) is 0 Å². The van der Waals surface area contributed by atoms with Crippen LogP contribution in [0.2, 0.25) is 0 Å². The molecule has 1 aliphatic heterocycles. The Labute approximate surface area is 326 Å². The average Bonchev–Trinajstić information content (AvgIpc) is 3.15. The van der Waals surface area contributed by atoms with Gasteiger partial charge in [0.2, 0.25) is 5.91 Å². The molecule has 55 heavy (non-hydrogen) atoms. The molecule has 290 valence electrons. The van der Waals surface area contributed by atoms with Gasteiger partial charge in [0.1, 0.15) is 34.1 Å². The monoisotopic (exact) mass is 785 g/mol. The number of thioether (sulfide) groups is 1. The molecule has 0 radical (unpaired) electrons. The van der Waals surface area contributed by atoms with Gasteiger partial charge in [-0.1, -0.05) is 121 Å². The number of esters is 1. The highest BCUT2D eigenvalue weighted by atomic mass is 32.2. The van der Waals surface area contributed by atoms with Crippen molar-refractivity contribution < 1.29 is 38.6 Å². The molecule has 2 amide bonds. The molecule has 4 aromatic rings. The summed E-state index contributed by atoms with van der Waals surface area (Å²) in [6.07, 6.45) is -1.04. The Hall–Kier alpha value is -4.87. The molecule has 0 aromatic heterocycles. The van der Waals surface area contributed by atoms with Crippen molar-refractivity contribution in [3.05, 3.63) is 127 Å². The van der Waals surface area contributed by atoms with Crippen LogP contribution >= 0.6 is 18.6 Å². The Morgan fingerprint density at radius 2 is 1.20 bits per heavy atom. The first-order valence-corrected chi connectivity index (χ1v) is 20.7. The zero-order valence-corrected chi connectivity index (χ0v) is 33.5. The molecule has 4 aromatic carbocycles. The van der Waals surface area contributed by atoms with Crippen LogP contribution in [0.5, 0.6) is 0 Å². The van der Waals surface area contributed by atoms with Gasteiger partial charge in [-0.3, -0.25) is 14.5 Å². The van der Waals surface area contributed by atoms with Crippen molar-refractivity contribution in [2.24, 2.45) is 0 Å². The zero-order chi connectivity index (χ0) is 39.8. The summed E-state index contributed by atoms with van der Waals surface area (Å²) < 4.78 is 11.4. The Morgan fingerprint density at radius 1 is 0.745 bits per heavy atom. The molecule has 0 unspecified atom stereocenters. The molecule has 3 atom stereocenters. The molecule has 11 nitrogen and oxygen atoms in total. The number of hydrogen-bond acceptors (Lipinski definition) is 10. The summed E-state index contributed by atoms with van der Waals surface area (Å²) in [7, 11) is 0. The van der Waals surface area contributed by atoms with Crippen LogP contribution < -0.4 is 26.7 Å². The number of carbonyl (C=O) groups is 4. The number of benzene rings is 4. The van der Waals surface area contributed by atoms with E-state index in [9.17, 15) is 24.3 Å². The van der Waals surface area contributed by atoms with Crippen LogP contribution in [0.4, 0.5) is 4.79 Å². The number of likely N-dealkylation sites (tertiary alicyclic amines) is 1.